The van der Waals surface area contributed by atoms with Gasteiger partial charge in [-0.25, -0.2) is 10.1 Å². The van der Waals surface area contributed by atoms with E-state index in [1.807, 2.05) is 61.9 Å². The van der Waals surface area contributed by atoms with Crippen molar-refractivity contribution in [2.24, 2.45) is 0 Å². The van der Waals surface area contributed by atoms with E-state index in [2.05, 4.69) is 18.8 Å². The maximum Gasteiger partial charge on any atom is 0.441 e. The molecule has 2 amide bonds. The van der Waals surface area contributed by atoms with Crippen LogP contribution in [0.15, 0.2) is 43.1 Å². The summed E-state index contributed by atoms with van der Waals surface area (Å²) >= 11 is 0. The molecule has 0 bridgehead atoms. The Bertz CT molecular complexity index is 1000. The maximum atomic E-state index is 13.2. The maximum absolute atomic E-state index is 13.2. The molecule has 0 aliphatic heterocycles. The smallest absolute Gasteiger partial charge is 0.441 e. The molecule has 0 saturated carbocycles. The third-order valence-electron chi connectivity index (χ3n) is 5.30. The van der Waals surface area contributed by atoms with Gasteiger partial charge < -0.3 is 9.84 Å². The fraction of sp³-hybridized carbons (Fsp3) is 0.480. The largest absolute Gasteiger partial charge is 0.490 e. The van der Waals surface area contributed by atoms with Crippen LogP contribution in [-0.2, 0) is 0 Å². The van der Waals surface area contributed by atoms with Crippen molar-refractivity contribution in [1.29, 1.82) is 0 Å². The fourth-order valence-corrected chi connectivity index (χ4v) is 3.75. The first-order valence-corrected chi connectivity index (χ1v) is 11.6. The summed E-state index contributed by atoms with van der Waals surface area (Å²) in [5.74, 6) is 1.31. The van der Waals surface area contributed by atoms with E-state index in [-0.39, 0.29) is 18.7 Å². The highest BCUT2D eigenvalue weighted by Crippen LogP contribution is 2.31. The molecule has 0 radical (unpaired) electrons. The normalized spacial score (nSPS) is 13.2. The van der Waals surface area contributed by atoms with Crippen LogP contribution < -0.4 is 10.1 Å². The minimum atomic E-state index is -0.258. The first-order chi connectivity index (χ1) is 15.9. The number of aromatic nitrogens is 2. The van der Waals surface area contributed by atoms with E-state index in [9.17, 15) is 9.90 Å². The monoisotopic (exact) mass is 456 g/mol. The number of likely N-dealkylation sites (N-methyl/N-ethyl adjacent to an activating group) is 1. The Hall–Kier alpha value is -3.13. The summed E-state index contributed by atoms with van der Waals surface area (Å²) in [4.78, 5) is 15.1. The van der Waals surface area contributed by atoms with Crippen LogP contribution in [0, 0.1) is 0 Å². The van der Waals surface area contributed by atoms with Gasteiger partial charge in [0.25, 0.3) is 0 Å². The minimum absolute atomic E-state index is 0.115. The molecule has 1 aromatic carbocycles. The van der Waals surface area contributed by atoms with Crippen molar-refractivity contribution in [1.82, 2.24) is 14.7 Å². The van der Waals surface area contributed by atoms with Gasteiger partial charge in [0.15, 0.2) is 5.75 Å². The predicted octanol–water partition coefficient (Wildman–Crippen LogP) is 4.43. The molecular formula is C25H38N5O3+. The molecule has 2 aromatic rings. The lowest BCUT2D eigenvalue weighted by molar-refractivity contribution is -0.423. The van der Waals surface area contributed by atoms with E-state index in [0.29, 0.717) is 31.0 Å². The van der Waals surface area contributed by atoms with Crippen LogP contribution in [0.3, 0.4) is 0 Å². The van der Waals surface area contributed by atoms with Gasteiger partial charge in [-0.3, -0.25) is 9.58 Å². The summed E-state index contributed by atoms with van der Waals surface area (Å²) in [7, 11) is 3.79. The first-order valence-electron chi connectivity index (χ1n) is 11.6. The number of urea groups is 1. The number of carbonyl (C=O) groups excluding carboxylic acids is 1. The zero-order valence-electron chi connectivity index (χ0n) is 20.5. The Morgan fingerprint density at radius 1 is 1.33 bits per heavy atom. The highest BCUT2D eigenvalue weighted by molar-refractivity contribution is 5.97. The van der Waals surface area contributed by atoms with Crippen LogP contribution in [0.1, 0.15) is 46.1 Å². The van der Waals surface area contributed by atoms with Crippen LogP contribution >= 0.6 is 0 Å². The molecule has 8 nitrogen and oxygen atoms in total. The third-order valence-corrected chi connectivity index (χ3v) is 5.30. The molecule has 2 N–H and O–H groups in total. The Balaban J connectivity index is 2.49. The van der Waals surface area contributed by atoms with Crippen LogP contribution in [0.25, 0.3) is 10.9 Å². The van der Waals surface area contributed by atoms with Crippen molar-refractivity contribution in [3.05, 3.63) is 43.1 Å². The first kappa shape index (κ1) is 26.1. The Morgan fingerprint density at radius 3 is 2.67 bits per heavy atom. The lowest BCUT2D eigenvalue weighted by atomic mass is 10.1. The van der Waals surface area contributed by atoms with E-state index in [1.54, 1.807) is 16.7 Å². The third kappa shape index (κ3) is 6.68. The molecule has 1 aromatic heterocycles. The van der Waals surface area contributed by atoms with Gasteiger partial charge in [0.1, 0.15) is 5.69 Å². The molecule has 8 heteroatoms. The average molecular weight is 457 g/mol. The van der Waals surface area contributed by atoms with E-state index in [4.69, 9.17) is 9.84 Å². The molecule has 0 unspecified atom stereocenters. The van der Waals surface area contributed by atoms with Gasteiger partial charge in [-0.05, 0) is 32.8 Å². The van der Waals surface area contributed by atoms with Gasteiger partial charge in [0.05, 0.1) is 38.8 Å². The highest BCUT2D eigenvalue weighted by atomic mass is 16.5. The second kappa shape index (κ2) is 12.8. The van der Waals surface area contributed by atoms with Crippen molar-refractivity contribution in [3.8, 4) is 5.75 Å². The van der Waals surface area contributed by atoms with Crippen molar-refractivity contribution in [2.75, 3.05) is 39.2 Å². The number of carbonyl (C=O) groups is 1. The molecule has 0 aliphatic carbocycles. The number of aliphatic hydroxyl groups is 1. The topological polar surface area (TPSA) is 82.6 Å². The van der Waals surface area contributed by atoms with Crippen LogP contribution in [-0.4, -0.2) is 70.1 Å². The predicted molar refractivity (Wildman–Crippen MR) is 134 cm³/mol. The molecule has 1 atom stereocenters. The number of anilines is 1. The lowest BCUT2D eigenvalue weighted by Crippen LogP contribution is -2.37. The summed E-state index contributed by atoms with van der Waals surface area (Å²) in [6.07, 6.45) is 9.89. The van der Waals surface area contributed by atoms with Crippen LogP contribution in [0.2, 0.25) is 0 Å². The molecule has 0 aliphatic rings. The van der Waals surface area contributed by atoms with E-state index in [1.165, 1.54) is 0 Å². The number of nitrogens with zero attached hydrogens (tertiary/aromatic N) is 4. The summed E-state index contributed by atoms with van der Waals surface area (Å²) in [5.41, 5.74) is 1.38. The number of benzene rings is 1. The Morgan fingerprint density at radius 2 is 2.09 bits per heavy atom. The second-order valence-corrected chi connectivity index (χ2v) is 7.93. The SMILES string of the molecule is C=C/C=C\C(N(C)C)=[N+](\CC)C(=O)Nc1cc2cn([C@H](CCC)CCO)nc2cc1OCC. The zero-order chi connectivity index (χ0) is 24.4. The van der Waals surface area contributed by atoms with Crippen LogP contribution in [0.5, 0.6) is 5.75 Å². The average Bonchev–Trinajstić information content (AvgIpc) is 3.19. The number of allylic oxidation sites excluding steroid dienone is 2. The van der Waals surface area contributed by atoms with Crippen molar-refractivity contribution in [2.45, 2.75) is 46.1 Å². The lowest BCUT2D eigenvalue weighted by Gasteiger charge is -2.15. The number of nitrogens with one attached hydrogen (secondary N) is 1. The summed E-state index contributed by atoms with van der Waals surface area (Å²) in [5, 5.41) is 18.1. The van der Waals surface area contributed by atoms with Crippen molar-refractivity contribution < 1.29 is 19.2 Å². The van der Waals surface area contributed by atoms with Gasteiger partial charge in [0, 0.05) is 30.3 Å². The molecular weight excluding hydrogens is 418 g/mol. The van der Waals surface area contributed by atoms with E-state index < -0.39 is 0 Å². The van der Waals surface area contributed by atoms with Gasteiger partial charge in [-0.1, -0.05) is 32.1 Å². The summed E-state index contributed by atoms with van der Waals surface area (Å²) < 4.78 is 9.40. The number of ether oxygens (including phenoxy) is 1. The number of amides is 2. The number of hydrogen-bond donors (Lipinski definition) is 2. The molecule has 1 heterocycles. The van der Waals surface area contributed by atoms with Crippen LogP contribution in [0.4, 0.5) is 10.5 Å². The van der Waals surface area contributed by atoms with Crippen molar-refractivity contribution >= 4 is 28.5 Å². The second-order valence-electron chi connectivity index (χ2n) is 7.93. The minimum Gasteiger partial charge on any atom is -0.490 e. The molecule has 2 rings (SSSR count). The number of rotatable bonds is 11. The fourth-order valence-electron chi connectivity index (χ4n) is 3.75. The molecule has 0 spiro atoms. The van der Waals surface area contributed by atoms with Gasteiger partial charge >= 0.3 is 6.03 Å². The summed E-state index contributed by atoms with van der Waals surface area (Å²) in [6.45, 7) is 10.7. The van der Waals surface area contributed by atoms with E-state index in [0.717, 1.165) is 29.6 Å². The Labute approximate surface area is 196 Å². The Kier molecular flexibility index (Phi) is 10.1. The quantitative estimate of drug-likeness (QED) is 0.226. The standard InChI is InChI=1S/C25H37N5O3/c1-7-11-13-24(28(5)6)29(9-3)25(32)26-22-16-19-18-30(20(12-8-2)14-15-31)27-21(19)17-23(22)33-10-4/h7,11,13,16-18,20,31H,1,8-10,12,14-15H2,2-6H3/p+1/b13-11-/t20-/m1/s1. The number of hydrogen-bond acceptors (Lipinski definition) is 4. The number of aliphatic hydroxyl groups excluding tert-OH is 1. The van der Waals surface area contributed by atoms with Gasteiger partial charge in [-0.2, -0.15) is 9.67 Å². The molecule has 0 fully saturated rings. The van der Waals surface area contributed by atoms with E-state index >= 15 is 0 Å². The molecule has 33 heavy (non-hydrogen) atoms. The van der Waals surface area contributed by atoms with Gasteiger partial charge in [0.2, 0.25) is 5.84 Å². The number of amidine groups is 1. The van der Waals surface area contributed by atoms with Gasteiger partial charge in [-0.15, -0.1) is 0 Å². The molecule has 180 valence electrons. The van der Waals surface area contributed by atoms with Crippen molar-refractivity contribution in [3.63, 3.8) is 0 Å². The molecule has 0 saturated heterocycles. The highest BCUT2D eigenvalue weighted by Gasteiger charge is 2.22. The zero-order valence-corrected chi connectivity index (χ0v) is 20.5. The number of fused-ring (bicyclic) bond motifs is 1. The summed E-state index contributed by atoms with van der Waals surface area (Å²) in [6, 6.07) is 3.63.